The number of nitrogens with one attached hydrogen (secondary N) is 1. The molecule has 0 aromatic carbocycles. The predicted molar refractivity (Wildman–Crippen MR) is 113 cm³/mol. The van der Waals surface area contributed by atoms with Crippen molar-refractivity contribution >= 4 is 33.9 Å². The van der Waals surface area contributed by atoms with Crippen molar-refractivity contribution in [1.82, 2.24) is 9.78 Å². The fraction of sp³-hybridized carbons (Fsp3) is 0.550. The minimum Gasteiger partial charge on any atom is -0.459 e. The number of carbonyl (C=O) groups is 2. The van der Waals surface area contributed by atoms with Crippen LogP contribution in [0.4, 0.5) is 10.7 Å². The number of aromatic nitrogens is 2. The van der Waals surface area contributed by atoms with Crippen LogP contribution in [0.25, 0.3) is 0 Å². The highest BCUT2D eigenvalue weighted by atomic mass is 32.1. The van der Waals surface area contributed by atoms with E-state index in [-0.39, 0.29) is 11.8 Å². The Bertz CT molecular complexity index is 980. The first-order valence-corrected chi connectivity index (χ1v) is 10.9. The molecule has 2 heterocycles. The third kappa shape index (κ3) is 4.23. The lowest BCUT2D eigenvalue weighted by atomic mass is 9.95. The summed E-state index contributed by atoms with van der Waals surface area (Å²) < 4.78 is 6.87. The summed E-state index contributed by atoms with van der Waals surface area (Å²) >= 11 is 1.41. The first-order chi connectivity index (χ1) is 14.2. The molecule has 0 bridgehead atoms. The minimum absolute atomic E-state index is 0.140. The third-order valence-corrected chi connectivity index (χ3v) is 6.66. The van der Waals surface area contributed by atoms with Crippen molar-refractivity contribution in [2.24, 2.45) is 0 Å². The van der Waals surface area contributed by atoms with Crippen molar-refractivity contribution in [2.75, 3.05) is 5.32 Å². The van der Waals surface area contributed by atoms with Crippen LogP contribution in [0.15, 0.2) is 6.20 Å². The van der Waals surface area contributed by atoms with Crippen LogP contribution >= 0.6 is 11.3 Å². The molecular formula is C20H26N4O5S. The second-order valence-corrected chi connectivity index (χ2v) is 8.63. The summed E-state index contributed by atoms with van der Waals surface area (Å²) in [4.78, 5) is 37.4. The Kier molecular flexibility index (Phi) is 6.55. The van der Waals surface area contributed by atoms with Gasteiger partial charge in [-0.1, -0.05) is 6.92 Å². The summed E-state index contributed by atoms with van der Waals surface area (Å²) in [6, 6.07) is -0.781. The van der Waals surface area contributed by atoms with Gasteiger partial charge in [0.2, 0.25) is 5.91 Å². The van der Waals surface area contributed by atoms with Gasteiger partial charge in [-0.3, -0.25) is 19.6 Å². The molecule has 162 valence electrons. The monoisotopic (exact) mass is 434 g/mol. The summed E-state index contributed by atoms with van der Waals surface area (Å²) in [5.41, 5.74) is 1.57. The molecule has 1 amide bonds. The van der Waals surface area contributed by atoms with Crippen LogP contribution in [0.5, 0.6) is 0 Å². The van der Waals surface area contributed by atoms with Gasteiger partial charge in [-0.2, -0.15) is 5.10 Å². The fourth-order valence-electron chi connectivity index (χ4n) is 3.51. The van der Waals surface area contributed by atoms with Gasteiger partial charge in [0.25, 0.3) is 0 Å². The van der Waals surface area contributed by atoms with E-state index in [4.69, 9.17) is 4.74 Å². The van der Waals surface area contributed by atoms with Crippen molar-refractivity contribution in [3.63, 3.8) is 0 Å². The summed E-state index contributed by atoms with van der Waals surface area (Å²) in [6.45, 7) is 6.94. The largest absolute Gasteiger partial charge is 0.459 e. The Hall–Kier alpha value is -2.75. The molecular weight excluding hydrogens is 408 g/mol. The zero-order chi connectivity index (χ0) is 22.0. The van der Waals surface area contributed by atoms with Gasteiger partial charge in [-0.25, -0.2) is 4.79 Å². The average Bonchev–Trinajstić information content (AvgIpc) is 3.27. The molecule has 0 aliphatic heterocycles. The van der Waals surface area contributed by atoms with Crippen LogP contribution in [-0.2, 0) is 22.4 Å². The molecule has 2 unspecified atom stereocenters. The molecule has 0 saturated carbocycles. The third-order valence-electron chi connectivity index (χ3n) is 5.46. The molecule has 2 aromatic rings. The van der Waals surface area contributed by atoms with Crippen LogP contribution in [0.3, 0.4) is 0 Å². The van der Waals surface area contributed by atoms with Gasteiger partial charge in [0.15, 0.2) is 0 Å². The summed E-state index contributed by atoms with van der Waals surface area (Å²) in [6.07, 6.45) is 5.32. The van der Waals surface area contributed by atoms with Gasteiger partial charge >= 0.3 is 11.7 Å². The van der Waals surface area contributed by atoms with Crippen molar-refractivity contribution in [2.45, 2.75) is 71.9 Å². The SMILES string of the molecule is CCC(C)OC(=O)c1c(NC(=O)C(C)n2ncc([N+](=O)[O-])c2C)sc2c1CCCC2. The molecule has 1 aliphatic carbocycles. The van der Waals surface area contributed by atoms with Crippen LogP contribution in [-0.4, -0.2) is 32.7 Å². The lowest BCUT2D eigenvalue weighted by Crippen LogP contribution is -2.26. The molecule has 10 heteroatoms. The maximum Gasteiger partial charge on any atom is 0.341 e. The van der Waals surface area contributed by atoms with Gasteiger partial charge in [-0.05, 0) is 58.4 Å². The van der Waals surface area contributed by atoms with Crippen LogP contribution < -0.4 is 5.32 Å². The Morgan fingerprint density at radius 2 is 2.07 bits per heavy atom. The van der Waals surface area contributed by atoms with Crippen molar-refractivity contribution in [3.05, 3.63) is 38.0 Å². The number of thiophene rings is 1. The first kappa shape index (κ1) is 21.9. The number of nitrogens with zero attached hydrogens (tertiary/aromatic N) is 3. The Balaban J connectivity index is 1.88. The standard InChI is InChI=1S/C20H26N4O5S/c1-5-11(2)29-20(26)17-14-8-6-7-9-16(14)30-19(17)22-18(25)13(4)23-12(3)15(10-21-23)24(27)28/h10-11,13H,5-9H2,1-4H3,(H,22,25). The van der Waals surface area contributed by atoms with Crippen LogP contribution in [0, 0.1) is 17.0 Å². The van der Waals surface area contributed by atoms with Crippen LogP contribution in [0.1, 0.15) is 72.6 Å². The second-order valence-electron chi connectivity index (χ2n) is 7.52. The number of amides is 1. The number of aryl methyl sites for hydroxylation is 1. The zero-order valence-electron chi connectivity index (χ0n) is 17.6. The smallest absolute Gasteiger partial charge is 0.341 e. The highest BCUT2D eigenvalue weighted by Crippen LogP contribution is 2.39. The lowest BCUT2D eigenvalue weighted by molar-refractivity contribution is -0.385. The Labute approximate surface area is 178 Å². The normalized spacial score (nSPS) is 15.2. The van der Waals surface area contributed by atoms with Gasteiger partial charge in [-0.15, -0.1) is 11.3 Å². The predicted octanol–water partition coefficient (Wildman–Crippen LogP) is 4.20. The van der Waals surface area contributed by atoms with E-state index in [1.807, 2.05) is 13.8 Å². The topological polar surface area (TPSA) is 116 Å². The number of ether oxygens (including phenoxy) is 1. The van der Waals surface area contributed by atoms with E-state index in [1.165, 1.54) is 16.0 Å². The van der Waals surface area contributed by atoms with Gasteiger partial charge in [0, 0.05) is 4.88 Å². The van der Waals surface area contributed by atoms with E-state index in [2.05, 4.69) is 10.4 Å². The number of carbonyl (C=O) groups excluding carboxylic acids is 2. The maximum atomic E-state index is 12.9. The fourth-order valence-corrected chi connectivity index (χ4v) is 4.79. The molecule has 3 rings (SSSR count). The van der Waals surface area contributed by atoms with E-state index >= 15 is 0 Å². The number of hydrogen-bond acceptors (Lipinski definition) is 7. The van der Waals surface area contributed by atoms with E-state index in [0.717, 1.165) is 42.3 Å². The van der Waals surface area contributed by atoms with E-state index in [1.54, 1.807) is 13.8 Å². The Morgan fingerprint density at radius 1 is 1.37 bits per heavy atom. The molecule has 1 N–H and O–H groups in total. The van der Waals surface area contributed by atoms with E-state index < -0.39 is 22.8 Å². The molecule has 0 spiro atoms. The zero-order valence-corrected chi connectivity index (χ0v) is 18.4. The van der Waals surface area contributed by atoms with Gasteiger partial charge < -0.3 is 10.1 Å². The number of fused-ring (bicyclic) bond motifs is 1. The lowest BCUT2D eigenvalue weighted by Gasteiger charge is -2.16. The molecule has 9 nitrogen and oxygen atoms in total. The first-order valence-electron chi connectivity index (χ1n) is 10.1. The molecule has 30 heavy (non-hydrogen) atoms. The number of nitro groups is 1. The molecule has 2 aromatic heterocycles. The van der Waals surface area contributed by atoms with Crippen molar-refractivity contribution < 1.29 is 19.2 Å². The number of rotatable bonds is 7. The maximum absolute atomic E-state index is 12.9. The highest BCUT2D eigenvalue weighted by molar-refractivity contribution is 7.17. The molecule has 0 saturated heterocycles. The van der Waals surface area contributed by atoms with Crippen molar-refractivity contribution in [1.29, 1.82) is 0 Å². The van der Waals surface area contributed by atoms with E-state index in [9.17, 15) is 19.7 Å². The summed E-state index contributed by atoms with van der Waals surface area (Å²) in [7, 11) is 0. The highest BCUT2D eigenvalue weighted by Gasteiger charge is 2.30. The van der Waals surface area contributed by atoms with Gasteiger partial charge in [0.1, 0.15) is 22.9 Å². The van der Waals surface area contributed by atoms with Crippen molar-refractivity contribution in [3.8, 4) is 0 Å². The molecule has 2 atom stereocenters. The summed E-state index contributed by atoms with van der Waals surface area (Å²) in [5.74, 6) is -0.815. The number of esters is 1. The Morgan fingerprint density at radius 3 is 2.70 bits per heavy atom. The quantitative estimate of drug-likeness (QED) is 0.397. The van der Waals surface area contributed by atoms with Gasteiger partial charge in [0.05, 0.1) is 16.6 Å². The minimum atomic E-state index is -0.781. The second kappa shape index (κ2) is 8.95. The van der Waals surface area contributed by atoms with E-state index in [0.29, 0.717) is 22.7 Å². The average molecular weight is 435 g/mol. The number of anilines is 1. The number of hydrogen-bond donors (Lipinski definition) is 1. The molecule has 1 aliphatic rings. The van der Waals surface area contributed by atoms with Crippen LogP contribution in [0.2, 0.25) is 0 Å². The molecule has 0 fully saturated rings. The molecule has 0 radical (unpaired) electrons. The summed E-state index contributed by atoms with van der Waals surface area (Å²) in [5, 5.41) is 18.4.